The molecule has 4 rings (SSSR count). The van der Waals surface area contributed by atoms with Crippen LogP contribution in [0.5, 0.6) is 0 Å². The van der Waals surface area contributed by atoms with Crippen molar-refractivity contribution >= 4 is 33.5 Å². The van der Waals surface area contributed by atoms with Crippen LogP contribution in [-0.4, -0.2) is 55.5 Å². The summed E-state index contributed by atoms with van der Waals surface area (Å²) in [7, 11) is -3.95. The maximum absolute atomic E-state index is 13.1. The Labute approximate surface area is 181 Å². The molecule has 0 aromatic heterocycles. The molecule has 1 aliphatic carbocycles. The van der Waals surface area contributed by atoms with E-state index in [0.717, 1.165) is 11.3 Å². The lowest BCUT2D eigenvalue weighted by atomic mass is 10.1. The Kier molecular flexibility index (Phi) is 5.52. The van der Waals surface area contributed by atoms with Gasteiger partial charge in [-0.3, -0.25) is 4.79 Å². The summed E-state index contributed by atoms with van der Waals surface area (Å²) in [5.74, 6) is -1.89. The summed E-state index contributed by atoms with van der Waals surface area (Å²) < 4.78 is 30.0. The minimum Gasteiger partial charge on any atom is -0.480 e. The van der Waals surface area contributed by atoms with E-state index in [1.165, 1.54) is 4.31 Å². The zero-order valence-corrected chi connectivity index (χ0v) is 18.1. The fourth-order valence-corrected chi connectivity index (χ4v) is 6.14. The van der Waals surface area contributed by atoms with Crippen LogP contribution in [0.25, 0.3) is 0 Å². The van der Waals surface area contributed by atoms with E-state index >= 15 is 0 Å². The molecule has 1 aliphatic heterocycles. The zero-order chi connectivity index (χ0) is 21.5. The Morgan fingerprint density at radius 3 is 2.23 bits per heavy atom. The summed E-state index contributed by atoms with van der Waals surface area (Å²) in [6, 6.07) is 16.6. The van der Waals surface area contributed by atoms with Crippen LogP contribution in [0.2, 0.25) is 5.02 Å². The quantitative estimate of drug-likeness (QED) is 0.707. The molecule has 160 valence electrons. The highest BCUT2D eigenvalue weighted by molar-refractivity contribution is 7.87. The van der Waals surface area contributed by atoms with Gasteiger partial charge in [-0.05, 0) is 35.7 Å². The molecule has 2 aromatic rings. The van der Waals surface area contributed by atoms with E-state index in [9.17, 15) is 18.3 Å². The highest BCUT2D eigenvalue weighted by Crippen LogP contribution is 2.57. The van der Waals surface area contributed by atoms with Gasteiger partial charge in [0.1, 0.15) is 5.54 Å². The zero-order valence-electron chi connectivity index (χ0n) is 16.5. The summed E-state index contributed by atoms with van der Waals surface area (Å²) in [4.78, 5) is 14.2. The Morgan fingerprint density at radius 2 is 1.67 bits per heavy atom. The molecule has 7 nitrogen and oxygen atoms in total. The second kappa shape index (κ2) is 7.85. The predicted molar refractivity (Wildman–Crippen MR) is 116 cm³/mol. The van der Waals surface area contributed by atoms with Crippen molar-refractivity contribution in [2.45, 2.75) is 18.4 Å². The van der Waals surface area contributed by atoms with Crippen LogP contribution in [0, 0.1) is 5.92 Å². The Morgan fingerprint density at radius 1 is 1.07 bits per heavy atom. The first-order valence-electron chi connectivity index (χ1n) is 9.83. The molecule has 2 fully saturated rings. The van der Waals surface area contributed by atoms with E-state index < -0.39 is 27.6 Å². The van der Waals surface area contributed by atoms with Gasteiger partial charge in [0.05, 0.1) is 0 Å². The highest BCUT2D eigenvalue weighted by Gasteiger charge is 2.70. The summed E-state index contributed by atoms with van der Waals surface area (Å²) in [6.45, 7) is 3.35. The average Bonchev–Trinajstić information content (AvgIpc) is 3.33. The number of hydrogen-bond donors (Lipinski definition) is 2. The molecule has 2 N–H and O–H groups in total. The molecule has 3 atom stereocenters. The maximum atomic E-state index is 13.1. The summed E-state index contributed by atoms with van der Waals surface area (Å²) in [6.07, 6.45) is 0. The third-order valence-corrected chi connectivity index (χ3v) is 8.07. The average molecular weight is 450 g/mol. The van der Waals surface area contributed by atoms with Crippen LogP contribution in [0.4, 0.5) is 5.69 Å². The van der Waals surface area contributed by atoms with Gasteiger partial charge >= 0.3 is 5.97 Å². The Balaban J connectivity index is 1.47. The van der Waals surface area contributed by atoms with E-state index in [-0.39, 0.29) is 19.0 Å². The minimum atomic E-state index is -3.95. The lowest BCUT2D eigenvalue weighted by molar-refractivity contribution is -0.140. The number of piperazine rings is 1. The lowest BCUT2D eigenvalue weighted by Crippen LogP contribution is -2.56. The third kappa shape index (κ3) is 3.69. The first-order valence-corrected chi connectivity index (χ1v) is 11.7. The van der Waals surface area contributed by atoms with E-state index in [1.54, 1.807) is 19.1 Å². The second-order valence-corrected chi connectivity index (χ2v) is 9.93. The van der Waals surface area contributed by atoms with Gasteiger partial charge in [-0.15, -0.1) is 0 Å². The number of nitrogens with zero attached hydrogens (tertiary/aromatic N) is 2. The number of hydrogen-bond acceptors (Lipinski definition) is 4. The van der Waals surface area contributed by atoms with Crippen molar-refractivity contribution in [3.63, 3.8) is 0 Å². The van der Waals surface area contributed by atoms with Crippen molar-refractivity contribution in [2.24, 2.45) is 5.92 Å². The fraction of sp³-hybridized carbons (Fsp3) is 0.381. The van der Waals surface area contributed by atoms with E-state index in [4.69, 9.17) is 11.6 Å². The summed E-state index contributed by atoms with van der Waals surface area (Å²) >= 11 is 5.93. The summed E-state index contributed by atoms with van der Waals surface area (Å²) in [5.41, 5.74) is 0.280. The van der Waals surface area contributed by atoms with E-state index in [2.05, 4.69) is 9.62 Å². The normalized spacial score (nSPS) is 27.1. The number of anilines is 1. The standard InChI is InChI=1S/C21H24ClN3O4S/c1-15-19(16-5-3-2-4-6-16)21(15,20(26)27)23-30(28,29)25-13-11-24(12-14-25)18-9-7-17(22)8-10-18/h2-10,15,19,23H,11-14H2,1H3,(H,26,27)/t15?,19-,21+/m1/s1. The molecule has 2 aromatic carbocycles. The topological polar surface area (TPSA) is 90.0 Å². The number of halogens is 1. The van der Waals surface area contributed by atoms with Gasteiger partial charge in [0.15, 0.2) is 0 Å². The van der Waals surface area contributed by atoms with Crippen molar-refractivity contribution in [3.8, 4) is 0 Å². The van der Waals surface area contributed by atoms with Crippen molar-refractivity contribution in [1.29, 1.82) is 0 Å². The lowest BCUT2D eigenvalue weighted by Gasteiger charge is -2.36. The number of rotatable bonds is 6. The van der Waals surface area contributed by atoms with Crippen LogP contribution in [-0.2, 0) is 15.0 Å². The van der Waals surface area contributed by atoms with Gasteiger partial charge < -0.3 is 10.0 Å². The number of carboxylic acids is 1. The number of nitrogens with one attached hydrogen (secondary N) is 1. The molecule has 0 spiro atoms. The van der Waals surface area contributed by atoms with Crippen molar-refractivity contribution in [1.82, 2.24) is 9.03 Å². The molecule has 0 amide bonds. The van der Waals surface area contributed by atoms with Gasteiger partial charge in [-0.2, -0.15) is 17.4 Å². The molecule has 1 saturated heterocycles. The Bertz CT molecular complexity index is 1020. The molecular formula is C21H24ClN3O4S. The summed E-state index contributed by atoms with van der Waals surface area (Å²) in [5, 5.41) is 10.6. The number of aliphatic carboxylic acids is 1. The first-order chi connectivity index (χ1) is 14.3. The molecule has 0 radical (unpaired) electrons. The monoisotopic (exact) mass is 449 g/mol. The second-order valence-electron chi connectivity index (χ2n) is 7.82. The van der Waals surface area contributed by atoms with Gasteiger partial charge in [0.25, 0.3) is 10.2 Å². The smallest absolute Gasteiger partial charge is 0.325 e. The van der Waals surface area contributed by atoms with Crippen LogP contribution in [0.15, 0.2) is 54.6 Å². The van der Waals surface area contributed by atoms with Crippen LogP contribution in [0.1, 0.15) is 18.4 Å². The van der Waals surface area contributed by atoms with Gasteiger partial charge in [0, 0.05) is 42.8 Å². The highest BCUT2D eigenvalue weighted by atomic mass is 35.5. The van der Waals surface area contributed by atoms with Gasteiger partial charge in [-0.25, -0.2) is 0 Å². The fourth-order valence-electron chi connectivity index (χ4n) is 4.42. The number of carbonyl (C=O) groups is 1. The number of benzene rings is 2. The van der Waals surface area contributed by atoms with Crippen LogP contribution < -0.4 is 9.62 Å². The Hall–Kier alpha value is -2.13. The SMILES string of the molecule is CC1[C@H](c2ccccc2)[C@]1(NS(=O)(=O)N1CCN(c2ccc(Cl)cc2)CC1)C(=O)O. The first kappa shape index (κ1) is 21.1. The molecule has 1 saturated carbocycles. The molecule has 9 heteroatoms. The third-order valence-electron chi connectivity index (χ3n) is 6.18. The maximum Gasteiger partial charge on any atom is 0.325 e. The van der Waals surface area contributed by atoms with E-state index in [0.29, 0.717) is 18.1 Å². The van der Waals surface area contributed by atoms with Crippen LogP contribution >= 0.6 is 11.6 Å². The van der Waals surface area contributed by atoms with Crippen LogP contribution in [0.3, 0.4) is 0 Å². The predicted octanol–water partition coefficient (Wildman–Crippen LogP) is 2.55. The molecule has 1 heterocycles. The van der Waals surface area contributed by atoms with Crippen molar-refractivity contribution in [3.05, 3.63) is 65.2 Å². The van der Waals surface area contributed by atoms with Crippen molar-refractivity contribution in [2.75, 3.05) is 31.1 Å². The molecular weight excluding hydrogens is 426 g/mol. The minimum absolute atomic E-state index is 0.276. The van der Waals surface area contributed by atoms with Gasteiger partial charge in [-0.1, -0.05) is 48.9 Å². The molecule has 1 unspecified atom stereocenters. The molecule has 0 bridgehead atoms. The molecule has 30 heavy (non-hydrogen) atoms. The van der Waals surface area contributed by atoms with Gasteiger partial charge in [0.2, 0.25) is 0 Å². The molecule has 2 aliphatic rings. The van der Waals surface area contributed by atoms with Crippen molar-refractivity contribution < 1.29 is 18.3 Å². The largest absolute Gasteiger partial charge is 0.480 e. The number of carboxylic acid groups (broad SMARTS) is 1. The van der Waals surface area contributed by atoms with E-state index in [1.807, 2.05) is 42.5 Å².